The van der Waals surface area contributed by atoms with Gasteiger partial charge in [-0.05, 0) is 58.7 Å². The zero-order chi connectivity index (χ0) is 16.4. The Morgan fingerprint density at radius 1 is 1.13 bits per heavy atom. The van der Waals surface area contributed by atoms with Gasteiger partial charge in [0.1, 0.15) is 0 Å². The number of benzene rings is 2. The molecule has 3 rings (SSSR count). The standard InChI is InChI=1S/C17H14Br2N2O2/c18-12-6-7-15(14(19)10-12)20-17(23)11-3-1-4-13(9-11)21-8-2-5-16(21)22/h1,3-4,6-7,9-10H,2,5,8H2,(H,20,23). The van der Waals surface area contributed by atoms with Gasteiger partial charge in [0.05, 0.1) is 5.69 Å². The summed E-state index contributed by atoms with van der Waals surface area (Å²) in [5, 5.41) is 2.87. The van der Waals surface area contributed by atoms with Crippen LogP contribution in [-0.4, -0.2) is 18.4 Å². The number of nitrogens with zero attached hydrogens (tertiary/aromatic N) is 1. The van der Waals surface area contributed by atoms with Gasteiger partial charge in [-0.3, -0.25) is 9.59 Å². The maximum absolute atomic E-state index is 12.5. The molecule has 0 atom stereocenters. The van der Waals surface area contributed by atoms with Crippen LogP contribution in [0, 0.1) is 0 Å². The summed E-state index contributed by atoms with van der Waals surface area (Å²) in [6.45, 7) is 0.710. The van der Waals surface area contributed by atoms with Crippen LogP contribution >= 0.6 is 31.9 Å². The molecule has 2 aromatic carbocycles. The summed E-state index contributed by atoms with van der Waals surface area (Å²) in [6, 6.07) is 12.7. The Kier molecular flexibility index (Phi) is 4.82. The highest BCUT2D eigenvalue weighted by molar-refractivity contribution is 9.11. The average Bonchev–Trinajstić information content (AvgIpc) is 2.96. The summed E-state index contributed by atoms with van der Waals surface area (Å²) < 4.78 is 1.73. The molecule has 1 N–H and O–H groups in total. The van der Waals surface area contributed by atoms with Gasteiger partial charge in [-0.2, -0.15) is 0 Å². The van der Waals surface area contributed by atoms with Crippen molar-refractivity contribution in [2.45, 2.75) is 12.8 Å². The third kappa shape index (κ3) is 3.64. The van der Waals surface area contributed by atoms with Crippen LogP contribution in [0.4, 0.5) is 11.4 Å². The van der Waals surface area contributed by atoms with E-state index in [2.05, 4.69) is 37.2 Å². The molecule has 0 spiro atoms. The van der Waals surface area contributed by atoms with Crippen LogP contribution in [0.2, 0.25) is 0 Å². The van der Waals surface area contributed by atoms with Gasteiger partial charge in [0.2, 0.25) is 5.91 Å². The normalized spacial score (nSPS) is 14.2. The minimum absolute atomic E-state index is 0.109. The van der Waals surface area contributed by atoms with Crippen LogP contribution in [0.25, 0.3) is 0 Å². The zero-order valence-electron chi connectivity index (χ0n) is 12.2. The lowest BCUT2D eigenvalue weighted by Gasteiger charge is -2.16. The van der Waals surface area contributed by atoms with Crippen molar-refractivity contribution in [3.05, 3.63) is 57.0 Å². The molecule has 0 bridgehead atoms. The van der Waals surface area contributed by atoms with Gasteiger partial charge in [-0.15, -0.1) is 0 Å². The number of halogens is 2. The van der Waals surface area contributed by atoms with Crippen molar-refractivity contribution in [1.29, 1.82) is 0 Å². The molecule has 23 heavy (non-hydrogen) atoms. The van der Waals surface area contributed by atoms with E-state index in [1.165, 1.54) is 0 Å². The third-order valence-electron chi connectivity index (χ3n) is 3.67. The molecule has 118 valence electrons. The maximum atomic E-state index is 12.5. The number of amides is 2. The van der Waals surface area contributed by atoms with Gasteiger partial charge >= 0.3 is 0 Å². The van der Waals surface area contributed by atoms with Crippen LogP contribution in [0.15, 0.2) is 51.4 Å². The fraction of sp³-hybridized carbons (Fsp3) is 0.176. The third-order valence-corrected chi connectivity index (χ3v) is 4.82. The minimum Gasteiger partial charge on any atom is -0.321 e. The van der Waals surface area contributed by atoms with Crippen LogP contribution in [0.5, 0.6) is 0 Å². The first-order valence-electron chi connectivity index (χ1n) is 7.21. The molecular weight excluding hydrogens is 424 g/mol. The number of nitrogens with one attached hydrogen (secondary N) is 1. The van der Waals surface area contributed by atoms with E-state index >= 15 is 0 Å². The van der Waals surface area contributed by atoms with Crippen molar-refractivity contribution in [3.8, 4) is 0 Å². The molecule has 6 heteroatoms. The van der Waals surface area contributed by atoms with Crippen molar-refractivity contribution < 1.29 is 9.59 Å². The highest BCUT2D eigenvalue weighted by Gasteiger charge is 2.22. The van der Waals surface area contributed by atoms with Gasteiger partial charge in [-0.1, -0.05) is 22.0 Å². The molecule has 0 aromatic heterocycles. The Morgan fingerprint density at radius 3 is 2.65 bits per heavy atom. The number of anilines is 2. The van der Waals surface area contributed by atoms with Crippen LogP contribution in [0.1, 0.15) is 23.2 Å². The predicted octanol–water partition coefficient (Wildman–Crippen LogP) is 4.59. The molecule has 0 radical (unpaired) electrons. The number of rotatable bonds is 3. The summed E-state index contributed by atoms with van der Waals surface area (Å²) in [5.74, 6) is -0.0975. The molecule has 2 aromatic rings. The van der Waals surface area contributed by atoms with Crippen molar-refractivity contribution in [2.24, 2.45) is 0 Å². The molecule has 1 aliphatic rings. The van der Waals surface area contributed by atoms with E-state index in [0.717, 1.165) is 21.1 Å². The second kappa shape index (κ2) is 6.84. The fourth-order valence-electron chi connectivity index (χ4n) is 2.52. The van der Waals surface area contributed by atoms with Gasteiger partial charge in [0.25, 0.3) is 5.91 Å². The van der Waals surface area contributed by atoms with Crippen molar-refractivity contribution >= 4 is 55.0 Å². The lowest BCUT2D eigenvalue weighted by atomic mass is 10.1. The Morgan fingerprint density at radius 2 is 1.96 bits per heavy atom. The largest absolute Gasteiger partial charge is 0.321 e. The first-order valence-corrected chi connectivity index (χ1v) is 8.80. The lowest BCUT2D eigenvalue weighted by molar-refractivity contribution is -0.117. The Hall–Kier alpha value is -1.66. The summed E-state index contributed by atoms with van der Waals surface area (Å²) in [6.07, 6.45) is 1.43. The summed E-state index contributed by atoms with van der Waals surface area (Å²) in [4.78, 5) is 26.0. The smallest absolute Gasteiger partial charge is 0.255 e. The van der Waals surface area contributed by atoms with E-state index in [4.69, 9.17) is 0 Å². The number of carbonyl (C=O) groups excluding carboxylic acids is 2. The average molecular weight is 438 g/mol. The molecule has 1 aliphatic heterocycles. The van der Waals surface area contributed by atoms with Gasteiger partial charge in [-0.25, -0.2) is 0 Å². The van der Waals surface area contributed by atoms with Crippen molar-refractivity contribution in [1.82, 2.24) is 0 Å². The van der Waals surface area contributed by atoms with E-state index < -0.39 is 0 Å². The van der Waals surface area contributed by atoms with E-state index in [-0.39, 0.29) is 11.8 Å². The molecule has 0 saturated carbocycles. The van der Waals surface area contributed by atoms with Gasteiger partial charge in [0.15, 0.2) is 0 Å². The van der Waals surface area contributed by atoms with E-state index in [9.17, 15) is 9.59 Å². The summed E-state index contributed by atoms with van der Waals surface area (Å²) in [7, 11) is 0. The van der Waals surface area contributed by atoms with Crippen LogP contribution in [-0.2, 0) is 4.79 Å². The molecule has 0 unspecified atom stereocenters. The Labute approximate surface area is 151 Å². The van der Waals surface area contributed by atoms with Crippen LogP contribution in [0.3, 0.4) is 0 Å². The fourth-order valence-corrected chi connectivity index (χ4v) is 3.67. The highest BCUT2D eigenvalue weighted by atomic mass is 79.9. The Bertz CT molecular complexity index is 777. The molecule has 0 aliphatic carbocycles. The summed E-state index contributed by atoms with van der Waals surface area (Å²) >= 11 is 6.81. The maximum Gasteiger partial charge on any atom is 0.255 e. The summed E-state index contributed by atoms with van der Waals surface area (Å²) in [5.41, 5.74) is 1.99. The topological polar surface area (TPSA) is 49.4 Å². The Balaban J connectivity index is 1.81. The lowest BCUT2D eigenvalue weighted by Crippen LogP contribution is -2.24. The predicted molar refractivity (Wildman–Crippen MR) is 97.8 cm³/mol. The van der Waals surface area contributed by atoms with E-state index in [1.807, 2.05) is 24.3 Å². The molecule has 4 nitrogen and oxygen atoms in total. The van der Waals surface area contributed by atoms with E-state index in [0.29, 0.717) is 24.2 Å². The van der Waals surface area contributed by atoms with Gasteiger partial charge < -0.3 is 10.2 Å². The van der Waals surface area contributed by atoms with Crippen molar-refractivity contribution in [3.63, 3.8) is 0 Å². The second-order valence-electron chi connectivity index (χ2n) is 5.28. The molecular formula is C17H14Br2N2O2. The SMILES string of the molecule is O=C(Nc1ccc(Br)cc1Br)c1cccc(N2CCCC2=O)c1. The number of carbonyl (C=O) groups is 2. The zero-order valence-corrected chi connectivity index (χ0v) is 15.4. The molecule has 2 amide bonds. The highest BCUT2D eigenvalue weighted by Crippen LogP contribution is 2.27. The minimum atomic E-state index is -0.207. The van der Waals surface area contributed by atoms with Crippen molar-refractivity contribution in [2.75, 3.05) is 16.8 Å². The monoisotopic (exact) mass is 436 g/mol. The first kappa shape index (κ1) is 16.2. The van der Waals surface area contributed by atoms with Crippen LogP contribution < -0.4 is 10.2 Å². The molecule has 1 saturated heterocycles. The number of hydrogen-bond donors (Lipinski definition) is 1. The van der Waals surface area contributed by atoms with E-state index in [1.54, 1.807) is 23.1 Å². The molecule has 1 heterocycles. The quantitative estimate of drug-likeness (QED) is 0.763. The molecule has 1 fully saturated rings. The second-order valence-corrected chi connectivity index (χ2v) is 7.05. The number of hydrogen-bond acceptors (Lipinski definition) is 2. The van der Waals surface area contributed by atoms with Gasteiger partial charge in [0, 0.05) is 33.2 Å². The first-order chi connectivity index (χ1) is 11.0.